The fraction of sp³-hybridized carbons (Fsp3) is 0.955. The fourth-order valence-electron chi connectivity index (χ4n) is 10.8. The van der Waals surface area contributed by atoms with E-state index in [1.54, 1.807) is 0 Å². The Morgan fingerprint density at radius 3 is 0.833 bits per heavy atom. The van der Waals surface area contributed by atoms with Gasteiger partial charge in [0.2, 0.25) is 5.91 Å². The second kappa shape index (κ2) is 60.9. The van der Waals surface area contributed by atoms with Gasteiger partial charge in [0.05, 0.1) is 18.8 Å². The maximum atomic E-state index is 12.6. The molecule has 4 atom stereocenters. The van der Waals surface area contributed by atoms with Gasteiger partial charge < -0.3 is 25.7 Å². The number of amides is 1. The summed E-state index contributed by atoms with van der Waals surface area (Å²) in [5, 5.41) is 44.1. The minimum Gasteiger partial charge on any atom is -0.394 e. The number of aliphatic hydroxyl groups excluding tert-OH is 4. The van der Waals surface area contributed by atoms with Gasteiger partial charge in [0.25, 0.3) is 0 Å². The van der Waals surface area contributed by atoms with E-state index in [1.165, 1.54) is 308 Å². The Hall–Kier alpha value is -0.950. The van der Waals surface area contributed by atoms with Crippen molar-refractivity contribution < 1.29 is 25.2 Å². The van der Waals surface area contributed by atoms with Gasteiger partial charge in [-0.1, -0.05) is 347 Å². The van der Waals surface area contributed by atoms with Crippen molar-refractivity contribution in [2.75, 3.05) is 6.61 Å². The van der Waals surface area contributed by atoms with Crippen molar-refractivity contribution in [3.63, 3.8) is 0 Å². The minimum absolute atomic E-state index is 0.369. The van der Waals surface area contributed by atoms with Gasteiger partial charge in [-0.25, -0.2) is 0 Å². The molecule has 0 radical (unpaired) electrons. The second-order valence-corrected chi connectivity index (χ2v) is 23.2. The van der Waals surface area contributed by atoms with Crippen molar-refractivity contribution >= 4 is 5.91 Å². The average molecular weight is 1020 g/mol. The van der Waals surface area contributed by atoms with Crippen LogP contribution in [0.4, 0.5) is 0 Å². The van der Waals surface area contributed by atoms with Crippen LogP contribution in [0, 0.1) is 0 Å². The molecule has 0 aliphatic rings. The van der Waals surface area contributed by atoms with Crippen molar-refractivity contribution in [1.82, 2.24) is 5.32 Å². The molecule has 72 heavy (non-hydrogen) atoms. The van der Waals surface area contributed by atoms with E-state index in [2.05, 4.69) is 31.3 Å². The lowest BCUT2D eigenvalue weighted by Gasteiger charge is -2.27. The zero-order chi connectivity index (χ0) is 52.3. The topological polar surface area (TPSA) is 110 Å². The van der Waals surface area contributed by atoms with Gasteiger partial charge in [-0.2, -0.15) is 0 Å². The quantitative estimate of drug-likeness (QED) is 0.0308. The highest BCUT2D eigenvalue weighted by Gasteiger charge is 2.28. The molecular weight excluding hydrogens is 887 g/mol. The Labute approximate surface area is 451 Å². The Balaban J connectivity index is 3.55. The Bertz CT molecular complexity index is 1050. The molecule has 0 saturated heterocycles. The van der Waals surface area contributed by atoms with E-state index >= 15 is 0 Å². The van der Waals surface area contributed by atoms with Crippen LogP contribution in [0.25, 0.3) is 0 Å². The summed E-state index contributed by atoms with van der Waals surface area (Å²) >= 11 is 0. The maximum absolute atomic E-state index is 12.6. The van der Waals surface area contributed by atoms with Crippen LogP contribution in [0.2, 0.25) is 0 Å². The molecule has 6 nitrogen and oxygen atoms in total. The third-order valence-corrected chi connectivity index (χ3v) is 16.0. The zero-order valence-corrected chi connectivity index (χ0v) is 49.0. The number of unbranched alkanes of at least 4 members (excludes halogenated alkanes) is 51. The summed E-state index contributed by atoms with van der Waals surface area (Å²) in [6, 6.07) is -1.000. The Morgan fingerprint density at radius 2 is 0.569 bits per heavy atom. The molecule has 1 amide bonds. The van der Waals surface area contributed by atoms with Crippen molar-refractivity contribution in [2.45, 2.75) is 398 Å². The molecule has 0 saturated carbocycles. The summed E-state index contributed by atoms with van der Waals surface area (Å²) in [6.07, 6.45) is 74.7. The van der Waals surface area contributed by atoms with Crippen LogP contribution in [0.1, 0.15) is 373 Å². The largest absolute Gasteiger partial charge is 0.394 e. The molecule has 0 rings (SSSR count). The molecular formula is C66H131NO5. The molecule has 6 heteroatoms. The van der Waals surface area contributed by atoms with Gasteiger partial charge in [-0.05, 0) is 38.5 Å². The predicted octanol–water partition coefficient (Wildman–Crippen LogP) is 20.0. The number of aliphatic hydroxyl groups is 4. The first kappa shape index (κ1) is 71.0. The molecule has 0 aromatic rings. The highest BCUT2D eigenvalue weighted by Crippen LogP contribution is 2.19. The highest BCUT2D eigenvalue weighted by atomic mass is 16.3. The van der Waals surface area contributed by atoms with Crippen LogP contribution in [0.3, 0.4) is 0 Å². The third-order valence-electron chi connectivity index (χ3n) is 16.0. The third kappa shape index (κ3) is 53.9. The van der Waals surface area contributed by atoms with Gasteiger partial charge in [0.1, 0.15) is 12.2 Å². The molecule has 5 N–H and O–H groups in total. The van der Waals surface area contributed by atoms with E-state index in [9.17, 15) is 25.2 Å². The lowest BCUT2D eigenvalue weighted by Crippen LogP contribution is -2.53. The summed E-state index contributed by atoms with van der Waals surface area (Å²) in [6.45, 7) is 4.10. The van der Waals surface area contributed by atoms with Crippen molar-refractivity contribution in [3.05, 3.63) is 12.2 Å². The Kier molecular flexibility index (Phi) is 60.1. The first-order valence-corrected chi connectivity index (χ1v) is 33.1. The normalized spacial score (nSPS) is 13.6. The van der Waals surface area contributed by atoms with E-state index in [4.69, 9.17) is 0 Å². The SMILES string of the molecule is CCCCCCCCCCCCCCCCCCCCC/C=C/CCCC(O)C(O)C(CO)NC(=O)C(O)CCCCCCCCCCCCCCCCCCCCCCCCCCCCCCCCCC. The van der Waals surface area contributed by atoms with Crippen LogP contribution in [-0.4, -0.2) is 57.3 Å². The monoisotopic (exact) mass is 1020 g/mol. The van der Waals surface area contributed by atoms with Crippen LogP contribution in [-0.2, 0) is 4.79 Å². The summed E-state index contributed by atoms with van der Waals surface area (Å²) < 4.78 is 0. The second-order valence-electron chi connectivity index (χ2n) is 23.2. The van der Waals surface area contributed by atoms with E-state index in [-0.39, 0.29) is 0 Å². The van der Waals surface area contributed by atoms with Crippen LogP contribution in [0.5, 0.6) is 0 Å². The summed E-state index contributed by atoms with van der Waals surface area (Å²) in [4.78, 5) is 12.6. The molecule has 430 valence electrons. The number of rotatable bonds is 62. The Morgan fingerprint density at radius 1 is 0.333 bits per heavy atom. The minimum atomic E-state index is -1.28. The summed E-state index contributed by atoms with van der Waals surface area (Å²) in [5.74, 6) is -0.584. The lowest BCUT2D eigenvalue weighted by atomic mass is 10.00. The van der Waals surface area contributed by atoms with Gasteiger partial charge >= 0.3 is 0 Å². The van der Waals surface area contributed by atoms with Crippen LogP contribution in [0.15, 0.2) is 12.2 Å². The van der Waals surface area contributed by atoms with Crippen LogP contribution >= 0.6 is 0 Å². The summed E-state index contributed by atoms with van der Waals surface area (Å²) in [7, 11) is 0. The number of hydrogen-bond acceptors (Lipinski definition) is 5. The smallest absolute Gasteiger partial charge is 0.249 e. The molecule has 0 aromatic heterocycles. The number of allylic oxidation sites excluding steroid dienone is 2. The van der Waals surface area contributed by atoms with E-state index in [0.29, 0.717) is 12.8 Å². The number of hydrogen-bond donors (Lipinski definition) is 5. The van der Waals surface area contributed by atoms with Crippen molar-refractivity contribution in [2.24, 2.45) is 0 Å². The standard InChI is InChI=1S/C66H131NO5/c1-3-5-7-9-11-13-15-17-19-21-23-25-27-29-30-31-32-33-34-35-36-38-40-42-44-46-48-50-52-54-56-58-60-64(70)66(72)67-62(61-68)65(71)63(69)59-57-55-53-51-49-47-45-43-41-39-37-28-26-24-22-20-18-16-14-12-10-8-6-4-2/h51,53,62-65,68-71H,3-50,52,54-61H2,1-2H3,(H,67,72)/b53-51+. The van der Waals surface area contributed by atoms with E-state index < -0.39 is 36.9 Å². The molecule has 0 aliphatic heterocycles. The van der Waals surface area contributed by atoms with Crippen LogP contribution < -0.4 is 5.32 Å². The lowest BCUT2D eigenvalue weighted by molar-refractivity contribution is -0.132. The molecule has 0 heterocycles. The van der Waals surface area contributed by atoms with E-state index in [1.807, 2.05) is 0 Å². The van der Waals surface area contributed by atoms with Crippen molar-refractivity contribution in [3.8, 4) is 0 Å². The molecule has 0 spiro atoms. The maximum Gasteiger partial charge on any atom is 0.249 e. The number of carbonyl (C=O) groups excluding carboxylic acids is 1. The molecule has 0 fully saturated rings. The zero-order valence-electron chi connectivity index (χ0n) is 49.0. The molecule has 0 aromatic carbocycles. The molecule has 0 bridgehead atoms. The van der Waals surface area contributed by atoms with Gasteiger partial charge in [-0.15, -0.1) is 0 Å². The van der Waals surface area contributed by atoms with Crippen molar-refractivity contribution in [1.29, 1.82) is 0 Å². The molecule has 4 unspecified atom stereocenters. The highest BCUT2D eigenvalue weighted by molar-refractivity contribution is 5.80. The number of carbonyl (C=O) groups is 1. The average Bonchev–Trinajstić information content (AvgIpc) is 3.39. The number of nitrogens with one attached hydrogen (secondary N) is 1. The van der Waals surface area contributed by atoms with Gasteiger partial charge in [0, 0.05) is 0 Å². The van der Waals surface area contributed by atoms with E-state index in [0.717, 1.165) is 38.5 Å². The first-order valence-electron chi connectivity index (χ1n) is 33.1. The predicted molar refractivity (Wildman–Crippen MR) is 316 cm³/mol. The van der Waals surface area contributed by atoms with Gasteiger partial charge in [0.15, 0.2) is 0 Å². The fourth-order valence-corrected chi connectivity index (χ4v) is 10.8. The molecule has 0 aliphatic carbocycles. The van der Waals surface area contributed by atoms with Gasteiger partial charge in [-0.3, -0.25) is 4.79 Å². The first-order chi connectivity index (χ1) is 35.5. The summed E-state index contributed by atoms with van der Waals surface area (Å²) in [5.41, 5.74) is 0.